The Morgan fingerprint density at radius 2 is 2.18 bits per heavy atom. The van der Waals surface area contributed by atoms with E-state index in [1.54, 1.807) is 0 Å². The van der Waals surface area contributed by atoms with Crippen molar-refractivity contribution in [2.75, 3.05) is 13.1 Å². The Kier molecular flexibility index (Phi) is 3.81. The summed E-state index contributed by atoms with van der Waals surface area (Å²) in [7, 11) is -1.02. The van der Waals surface area contributed by atoms with Crippen LogP contribution in [0.15, 0.2) is 29.4 Å². The van der Waals surface area contributed by atoms with E-state index in [1.165, 1.54) is 0 Å². The predicted molar refractivity (Wildman–Crippen MR) is 71.0 cm³/mol. The number of benzene rings is 1. The first kappa shape index (κ1) is 12.5. The summed E-state index contributed by atoms with van der Waals surface area (Å²) in [6.45, 7) is 1.78. The number of hydrogen-bond donors (Lipinski definition) is 2. The van der Waals surface area contributed by atoms with E-state index in [0.717, 1.165) is 30.5 Å². The number of fused-ring (bicyclic) bond motifs is 1. The van der Waals surface area contributed by atoms with Gasteiger partial charge in [0.1, 0.15) is 0 Å². The highest BCUT2D eigenvalue weighted by atomic mass is 35.5. The van der Waals surface area contributed by atoms with Crippen molar-refractivity contribution in [1.29, 1.82) is 0 Å². The Morgan fingerprint density at radius 3 is 2.88 bits per heavy atom. The molecule has 1 aliphatic rings. The second-order valence-electron chi connectivity index (χ2n) is 3.97. The van der Waals surface area contributed by atoms with Crippen molar-refractivity contribution in [2.45, 2.75) is 16.8 Å². The van der Waals surface area contributed by atoms with E-state index in [2.05, 4.69) is 15.3 Å². The van der Waals surface area contributed by atoms with Gasteiger partial charge in [-0.25, -0.2) is 4.98 Å². The minimum Gasteiger partial charge on any atom is -0.331 e. The lowest BCUT2D eigenvalue weighted by molar-refractivity contribution is 0.666. The highest BCUT2D eigenvalue weighted by molar-refractivity contribution is 7.85. The highest BCUT2D eigenvalue weighted by Crippen LogP contribution is 2.17. The van der Waals surface area contributed by atoms with Crippen molar-refractivity contribution in [3.8, 4) is 0 Å². The molecule has 1 aromatic carbocycles. The van der Waals surface area contributed by atoms with Gasteiger partial charge in [0.05, 0.1) is 27.1 Å². The summed E-state index contributed by atoms with van der Waals surface area (Å²) in [5.74, 6) is 0. The Bertz CT molecular complexity index is 503. The molecule has 0 saturated carbocycles. The summed E-state index contributed by atoms with van der Waals surface area (Å²) >= 11 is 0. The van der Waals surface area contributed by atoms with E-state index >= 15 is 0 Å². The van der Waals surface area contributed by atoms with Crippen molar-refractivity contribution in [3.63, 3.8) is 0 Å². The van der Waals surface area contributed by atoms with Crippen molar-refractivity contribution < 1.29 is 4.21 Å². The van der Waals surface area contributed by atoms with Gasteiger partial charge in [0, 0.05) is 6.54 Å². The zero-order chi connectivity index (χ0) is 11.0. The number of aromatic nitrogens is 2. The summed E-state index contributed by atoms with van der Waals surface area (Å²) in [4.78, 5) is 7.51. The summed E-state index contributed by atoms with van der Waals surface area (Å²) in [5, 5.41) is 4.02. The Hall–Kier alpha value is -0.910. The van der Waals surface area contributed by atoms with Crippen LogP contribution < -0.4 is 5.32 Å². The number of imidazole rings is 1. The van der Waals surface area contributed by atoms with Gasteiger partial charge in [-0.15, -0.1) is 12.4 Å². The minimum absolute atomic E-state index is 0. The van der Waals surface area contributed by atoms with E-state index in [9.17, 15) is 4.21 Å². The molecular weight excluding hydrogens is 258 g/mol. The van der Waals surface area contributed by atoms with Crippen LogP contribution in [0.25, 0.3) is 11.0 Å². The van der Waals surface area contributed by atoms with E-state index in [-0.39, 0.29) is 17.7 Å². The Morgan fingerprint density at radius 1 is 1.35 bits per heavy atom. The molecule has 0 bridgehead atoms. The van der Waals surface area contributed by atoms with E-state index in [4.69, 9.17) is 0 Å². The molecule has 0 spiro atoms. The second kappa shape index (κ2) is 5.16. The van der Waals surface area contributed by atoms with Gasteiger partial charge in [0.2, 0.25) is 0 Å². The Labute approximate surface area is 108 Å². The average molecular weight is 272 g/mol. The molecule has 0 radical (unpaired) electrons. The van der Waals surface area contributed by atoms with Crippen LogP contribution in [0, 0.1) is 0 Å². The average Bonchev–Trinajstić information content (AvgIpc) is 2.97. The van der Waals surface area contributed by atoms with E-state index in [0.29, 0.717) is 5.16 Å². The lowest BCUT2D eigenvalue weighted by Crippen LogP contribution is -2.19. The molecule has 0 unspecified atom stereocenters. The van der Waals surface area contributed by atoms with Gasteiger partial charge >= 0.3 is 0 Å². The van der Waals surface area contributed by atoms with Crippen LogP contribution in [0.2, 0.25) is 0 Å². The molecule has 2 heterocycles. The fourth-order valence-corrected chi connectivity index (χ4v) is 3.31. The molecule has 1 aliphatic heterocycles. The number of H-pyrrole nitrogens is 1. The molecule has 0 aliphatic carbocycles. The summed E-state index contributed by atoms with van der Waals surface area (Å²) in [6.07, 6.45) is 0.962. The van der Waals surface area contributed by atoms with Crippen molar-refractivity contribution in [1.82, 2.24) is 15.3 Å². The number of nitrogens with zero attached hydrogens (tertiary/aromatic N) is 1. The SMILES string of the molecule is Cl.O=[S@](c1nc2ccccc2[nH]1)[C@@H]1CCNC1. The molecule has 3 rings (SSSR count). The van der Waals surface area contributed by atoms with Crippen LogP contribution in [-0.4, -0.2) is 32.5 Å². The number of nitrogens with one attached hydrogen (secondary N) is 2. The van der Waals surface area contributed by atoms with E-state index in [1.807, 2.05) is 24.3 Å². The molecule has 4 nitrogen and oxygen atoms in total. The molecule has 6 heteroatoms. The van der Waals surface area contributed by atoms with Gasteiger partial charge in [0.15, 0.2) is 5.16 Å². The zero-order valence-electron chi connectivity index (χ0n) is 9.18. The molecule has 1 saturated heterocycles. The molecule has 92 valence electrons. The molecule has 2 aromatic rings. The van der Waals surface area contributed by atoms with Gasteiger partial charge in [-0.3, -0.25) is 4.21 Å². The topological polar surface area (TPSA) is 57.8 Å². The van der Waals surface area contributed by atoms with Gasteiger partial charge in [-0.1, -0.05) is 12.1 Å². The molecular formula is C11H14ClN3OS. The largest absolute Gasteiger partial charge is 0.331 e. The van der Waals surface area contributed by atoms with Crippen molar-refractivity contribution in [3.05, 3.63) is 24.3 Å². The van der Waals surface area contributed by atoms with Crippen LogP contribution in [0.5, 0.6) is 0 Å². The number of para-hydroxylation sites is 2. The standard InChI is InChI=1S/C11H13N3OS.ClH/c15-16(8-5-6-12-7-8)11-13-9-3-1-2-4-10(9)14-11;/h1-4,8,12H,5-7H2,(H,13,14);1H/t8-,16+;/m1./s1. The zero-order valence-corrected chi connectivity index (χ0v) is 10.8. The second-order valence-corrected chi connectivity index (χ2v) is 5.62. The third kappa shape index (κ3) is 2.36. The van der Waals surface area contributed by atoms with Gasteiger partial charge in [-0.2, -0.15) is 0 Å². The lowest BCUT2D eigenvalue weighted by atomic mass is 10.3. The molecule has 1 fully saturated rings. The maximum absolute atomic E-state index is 12.2. The van der Waals surface area contributed by atoms with Gasteiger partial charge in [0.25, 0.3) is 0 Å². The quantitative estimate of drug-likeness (QED) is 0.869. The van der Waals surface area contributed by atoms with E-state index < -0.39 is 10.8 Å². The maximum Gasteiger partial charge on any atom is 0.197 e. The highest BCUT2D eigenvalue weighted by Gasteiger charge is 2.24. The maximum atomic E-state index is 12.2. The first-order chi connectivity index (χ1) is 7.84. The van der Waals surface area contributed by atoms with Gasteiger partial charge < -0.3 is 10.3 Å². The fraction of sp³-hybridized carbons (Fsp3) is 0.364. The summed E-state index contributed by atoms with van der Waals surface area (Å²) in [5.41, 5.74) is 1.84. The molecule has 2 N–H and O–H groups in total. The summed E-state index contributed by atoms with van der Waals surface area (Å²) < 4.78 is 12.2. The lowest BCUT2D eigenvalue weighted by Gasteiger charge is -2.04. The van der Waals surface area contributed by atoms with Crippen molar-refractivity contribution in [2.24, 2.45) is 0 Å². The normalized spacial score (nSPS) is 21.3. The molecule has 0 amide bonds. The molecule has 2 atom stereocenters. The van der Waals surface area contributed by atoms with Crippen LogP contribution in [0.1, 0.15) is 6.42 Å². The van der Waals surface area contributed by atoms with Crippen LogP contribution in [0.3, 0.4) is 0 Å². The third-order valence-electron chi connectivity index (χ3n) is 2.88. The number of aromatic amines is 1. The van der Waals surface area contributed by atoms with Gasteiger partial charge in [-0.05, 0) is 25.1 Å². The van der Waals surface area contributed by atoms with Crippen molar-refractivity contribution >= 4 is 34.2 Å². The third-order valence-corrected chi connectivity index (χ3v) is 4.46. The van der Waals surface area contributed by atoms with Crippen LogP contribution in [0.4, 0.5) is 0 Å². The molecule has 1 aromatic heterocycles. The molecule has 17 heavy (non-hydrogen) atoms. The Balaban J connectivity index is 0.00000108. The first-order valence-corrected chi connectivity index (χ1v) is 6.62. The first-order valence-electron chi connectivity index (χ1n) is 5.40. The fourth-order valence-electron chi connectivity index (χ4n) is 1.99. The number of halogens is 1. The minimum atomic E-state index is -1.02. The number of hydrogen-bond acceptors (Lipinski definition) is 3. The monoisotopic (exact) mass is 271 g/mol. The summed E-state index contributed by atoms with van der Waals surface area (Å²) in [6, 6.07) is 7.77. The number of rotatable bonds is 2. The van der Waals surface area contributed by atoms with Crippen LogP contribution in [-0.2, 0) is 10.8 Å². The smallest absolute Gasteiger partial charge is 0.197 e. The van der Waals surface area contributed by atoms with Crippen LogP contribution >= 0.6 is 12.4 Å². The predicted octanol–water partition coefficient (Wildman–Crippen LogP) is 1.45.